The van der Waals surface area contributed by atoms with Crippen LogP contribution in [0.3, 0.4) is 0 Å². The number of benzene rings is 1. The van der Waals surface area contributed by atoms with Gasteiger partial charge in [0.2, 0.25) is 0 Å². The van der Waals surface area contributed by atoms with Crippen LogP contribution in [0.15, 0.2) is 27.8 Å². The Balaban J connectivity index is 2.85. The van der Waals surface area contributed by atoms with Gasteiger partial charge in [-0.1, -0.05) is 25.4 Å². The van der Waals surface area contributed by atoms with Crippen molar-refractivity contribution in [3.8, 4) is 5.69 Å². The van der Waals surface area contributed by atoms with Gasteiger partial charge in [0.05, 0.1) is 5.69 Å². The lowest BCUT2D eigenvalue weighted by Gasteiger charge is -2.16. The smallest absolute Gasteiger partial charge is 0.335 e. The fraction of sp³-hybridized carbons (Fsp3) is 0.286. The fourth-order valence-electron chi connectivity index (χ4n) is 2.16. The van der Waals surface area contributed by atoms with E-state index in [1.54, 1.807) is 13.8 Å². The minimum absolute atomic E-state index is 0.0688. The van der Waals surface area contributed by atoms with Gasteiger partial charge in [0.25, 0.3) is 5.56 Å². The van der Waals surface area contributed by atoms with Crippen LogP contribution in [0.1, 0.15) is 31.0 Å². The third-order valence-corrected chi connectivity index (χ3v) is 3.68. The van der Waals surface area contributed by atoms with Gasteiger partial charge < -0.3 is 5.84 Å². The first kappa shape index (κ1) is 18.1. The molecule has 130 valence electrons. The summed E-state index contributed by atoms with van der Waals surface area (Å²) >= 11 is 5.90. The molecule has 0 saturated heterocycles. The Morgan fingerprint density at radius 3 is 2.25 bits per heavy atom. The Morgan fingerprint density at radius 2 is 1.75 bits per heavy atom. The molecular weight excluding hydrogens is 354 g/mol. The minimum atomic E-state index is -5.01. The van der Waals surface area contributed by atoms with Crippen molar-refractivity contribution in [2.45, 2.75) is 25.9 Å². The van der Waals surface area contributed by atoms with Gasteiger partial charge in [-0.3, -0.25) is 4.79 Å². The van der Waals surface area contributed by atoms with Crippen LogP contribution in [-0.4, -0.2) is 9.24 Å². The van der Waals surface area contributed by atoms with Gasteiger partial charge in [0, 0.05) is 11.1 Å². The third kappa shape index (κ3) is 3.03. The van der Waals surface area contributed by atoms with Gasteiger partial charge in [-0.15, -0.1) is 0 Å². The zero-order chi connectivity index (χ0) is 18.4. The Kier molecular flexibility index (Phi) is 4.49. The van der Waals surface area contributed by atoms with Crippen LogP contribution in [0, 0.1) is 5.82 Å². The van der Waals surface area contributed by atoms with Crippen LogP contribution in [0.5, 0.6) is 0 Å². The number of rotatable bonds is 2. The van der Waals surface area contributed by atoms with E-state index < -0.39 is 34.6 Å². The van der Waals surface area contributed by atoms with E-state index in [9.17, 15) is 27.2 Å². The van der Waals surface area contributed by atoms with E-state index in [4.69, 9.17) is 17.4 Å². The molecular formula is C14H12ClF4N3O2. The highest BCUT2D eigenvalue weighted by Gasteiger charge is 2.36. The molecule has 0 atom stereocenters. The highest BCUT2D eigenvalue weighted by Crippen LogP contribution is 2.29. The molecule has 0 aliphatic rings. The van der Waals surface area contributed by atoms with Crippen molar-refractivity contribution >= 4 is 11.6 Å². The largest absolute Gasteiger partial charge is 0.433 e. The van der Waals surface area contributed by atoms with Crippen molar-refractivity contribution in [1.82, 2.24) is 9.24 Å². The number of hydrogen-bond acceptors (Lipinski definition) is 3. The minimum Gasteiger partial charge on any atom is -0.335 e. The van der Waals surface area contributed by atoms with E-state index in [0.717, 1.165) is 12.1 Å². The molecule has 2 N–H and O–H groups in total. The zero-order valence-corrected chi connectivity index (χ0v) is 13.2. The normalized spacial score (nSPS) is 12.0. The van der Waals surface area contributed by atoms with Crippen molar-refractivity contribution in [3.05, 3.63) is 61.1 Å². The van der Waals surface area contributed by atoms with Crippen LogP contribution in [-0.2, 0) is 6.18 Å². The van der Waals surface area contributed by atoms with Crippen molar-refractivity contribution < 1.29 is 17.6 Å². The monoisotopic (exact) mass is 365 g/mol. The van der Waals surface area contributed by atoms with E-state index in [1.807, 2.05) is 0 Å². The lowest BCUT2D eigenvalue weighted by atomic mass is 10.0. The second kappa shape index (κ2) is 5.97. The molecule has 0 saturated carbocycles. The summed E-state index contributed by atoms with van der Waals surface area (Å²) in [4.78, 5) is 24.0. The van der Waals surface area contributed by atoms with Crippen LogP contribution in [0.4, 0.5) is 17.6 Å². The molecule has 0 amide bonds. The predicted molar refractivity (Wildman–Crippen MR) is 80.5 cm³/mol. The molecule has 24 heavy (non-hydrogen) atoms. The van der Waals surface area contributed by atoms with Gasteiger partial charge in [0.1, 0.15) is 5.82 Å². The SMILES string of the molecule is CC(C)c1cc(-n2c(=O)cc(C(F)(F)F)n(N)c2=O)c(F)cc1Cl. The summed E-state index contributed by atoms with van der Waals surface area (Å²) in [6.45, 7) is 3.47. The fourth-order valence-corrected chi connectivity index (χ4v) is 2.53. The Morgan fingerprint density at radius 1 is 1.17 bits per heavy atom. The summed E-state index contributed by atoms with van der Waals surface area (Å²) < 4.78 is 52.4. The Labute approximate surface area is 137 Å². The van der Waals surface area contributed by atoms with Crippen molar-refractivity contribution in [3.63, 3.8) is 0 Å². The molecule has 0 unspecified atom stereocenters. The lowest BCUT2D eigenvalue weighted by molar-refractivity contribution is -0.143. The third-order valence-electron chi connectivity index (χ3n) is 3.36. The van der Waals surface area contributed by atoms with E-state index in [0.29, 0.717) is 5.56 Å². The van der Waals surface area contributed by atoms with Gasteiger partial charge >= 0.3 is 11.9 Å². The quantitative estimate of drug-likeness (QED) is 0.657. The number of nitrogens with zero attached hydrogens (tertiary/aromatic N) is 2. The van der Waals surface area contributed by atoms with Gasteiger partial charge in [-0.2, -0.15) is 13.2 Å². The van der Waals surface area contributed by atoms with E-state index >= 15 is 0 Å². The van der Waals surface area contributed by atoms with Crippen molar-refractivity contribution in [1.29, 1.82) is 0 Å². The number of halogens is 5. The second-order valence-corrected chi connectivity index (χ2v) is 5.74. The molecule has 0 aliphatic heterocycles. The molecule has 0 aliphatic carbocycles. The van der Waals surface area contributed by atoms with Gasteiger partial charge in [-0.25, -0.2) is 18.4 Å². The molecule has 0 fully saturated rings. The number of hydrogen-bond donors (Lipinski definition) is 1. The van der Waals surface area contributed by atoms with Crippen LogP contribution >= 0.6 is 11.6 Å². The number of nitrogen functional groups attached to an aromatic ring is 1. The molecule has 1 aromatic heterocycles. The van der Waals surface area contributed by atoms with E-state index in [2.05, 4.69) is 0 Å². The van der Waals surface area contributed by atoms with Crippen molar-refractivity contribution in [2.24, 2.45) is 0 Å². The molecule has 2 rings (SSSR count). The zero-order valence-electron chi connectivity index (χ0n) is 12.5. The van der Waals surface area contributed by atoms with Crippen LogP contribution in [0.2, 0.25) is 5.02 Å². The highest BCUT2D eigenvalue weighted by atomic mass is 35.5. The maximum atomic E-state index is 14.2. The molecule has 10 heteroatoms. The molecule has 1 aromatic carbocycles. The first-order valence-electron chi connectivity index (χ1n) is 6.65. The van der Waals surface area contributed by atoms with Crippen LogP contribution < -0.4 is 17.1 Å². The van der Waals surface area contributed by atoms with Crippen LogP contribution in [0.25, 0.3) is 5.69 Å². The predicted octanol–water partition coefficient (Wildman–Crippen LogP) is 2.65. The maximum Gasteiger partial charge on any atom is 0.433 e. The van der Waals surface area contributed by atoms with E-state index in [1.165, 1.54) is 0 Å². The Bertz CT molecular complexity index is 916. The van der Waals surface area contributed by atoms with Crippen molar-refractivity contribution in [2.75, 3.05) is 5.84 Å². The number of nitrogens with two attached hydrogens (primary N) is 1. The maximum absolute atomic E-state index is 14.2. The molecule has 0 radical (unpaired) electrons. The summed E-state index contributed by atoms with van der Waals surface area (Å²) in [6, 6.07) is 2.15. The first-order chi connectivity index (χ1) is 10.9. The standard InChI is InChI=1S/C14H12ClF4N3O2/c1-6(2)7-3-10(9(16)4-8(7)15)21-12(23)5-11(14(17,18)19)22(20)13(21)24/h3-6H,20H2,1-2H3. The number of alkyl halides is 3. The topological polar surface area (TPSA) is 70.0 Å². The second-order valence-electron chi connectivity index (χ2n) is 5.33. The number of aromatic nitrogens is 2. The first-order valence-corrected chi connectivity index (χ1v) is 7.03. The highest BCUT2D eigenvalue weighted by molar-refractivity contribution is 6.31. The van der Waals surface area contributed by atoms with Gasteiger partial charge in [0.15, 0.2) is 5.69 Å². The summed E-state index contributed by atoms with van der Waals surface area (Å²) in [5.41, 5.74) is -4.61. The summed E-state index contributed by atoms with van der Waals surface area (Å²) in [7, 11) is 0. The van der Waals surface area contributed by atoms with E-state index in [-0.39, 0.29) is 26.3 Å². The molecule has 5 nitrogen and oxygen atoms in total. The summed E-state index contributed by atoms with van der Waals surface area (Å²) in [5, 5.41) is 0.0688. The molecule has 1 heterocycles. The summed E-state index contributed by atoms with van der Waals surface area (Å²) in [5.74, 6) is 3.91. The molecule has 0 bridgehead atoms. The van der Waals surface area contributed by atoms with Gasteiger partial charge in [-0.05, 0) is 23.6 Å². The average Bonchev–Trinajstić information content (AvgIpc) is 2.43. The summed E-state index contributed by atoms with van der Waals surface area (Å²) in [6.07, 6.45) is -5.01. The Hall–Kier alpha value is -2.29. The molecule has 2 aromatic rings. The average molecular weight is 366 g/mol. The lowest BCUT2D eigenvalue weighted by Crippen LogP contribution is -2.45. The molecule has 0 spiro atoms.